The van der Waals surface area contributed by atoms with E-state index < -0.39 is 6.03 Å². The highest BCUT2D eigenvalue weighted by Gasteiger charge is 2.13. The highest BCUT2D eigenvalue weighted by atomic mass is 16.6. The highest BCUT2D eigenvalue weighted by Crippen LogP contribution is 2.32. The highest BCUT2D eigenvalue weighted by molar-refractivity contribution is 5.99. The fourth-order valence-electron chi connectivity index (χ4n) is 2.27. The molecule has 25 heavy (non-hydrogen) atoms. The maximum absolute atomic E-state index is 12.2. The van der Waals surface area contributed by atoms with E-state index in [4.69, 9.17) is 9.47 Å². The zero-order chi connectivity index (χ0) is 17.1. The van der Waals surface area contributed by atoms with Crippen LogP contribution >= 0.6 is 0 Å². The van der Waals surface area contributed by atoms with Crippen molar-refractivity contribution in [3.8, 4) is 17.3 Å². The van der Waals surface area contributed by atoms with Crippen LogP contribution in [0.2, 0.25) is 0 Å². The number of hydrogen-bond acceptors (Lipinski definition) is 7. The van der Waals surface area contributed by atoms with Gasteiger partial charge in [0.1, 0.15) is 38.0 Å². The summed E-state index contributed by atoms with van der Waals surface area (Å²) in [5, 5.41) is 9.33. The lowest BCUT2D eigenvalue weighted by atomic mass is 10.2. The Bertz CT molecular complexity index is 898. The lowest BCUT2D eigenvalue weighted by Crippen LogP contribution is -2.21. The first-order valence-corrected chi connectivity index (χ1v) is 7.43. The molecule has 2 aromatic heterocycles. The van der Waals surface area contributed by atoms with Crippen LogP contribution in [0.3, 0.4) is 0 Å². The molecule has 2 amide bonds. The van der Waals surface area contributed by atoms with Crippen LogP contribution in [-0.2, 0) is 0 Å². The molecule has 3 heterocycles. The van der Waals surface area contributed by atoms with E-state index in [1.807, 2.05) is 0 Å². The summed E-state index contributed by atoms with van der Waals surface area (Å²) in [7, 11) is 0. The second-order valence-electron chi connectivity index (χ2n) is 5.04. The van der Waals surface area contributed by atoms with E-state index in [2.05, 4.69) is 30.7 Å². The number of carbonyl (C=O) groups is 1. The first kappa shape index (κ1) is 14.9. The van der Waals surface area contributed by atoms with Crippen molar-refractivity contribution in [2.45, 2.75) is 0 Å². The number of benzene rings is 1. The molecular formula is C15H13N7O3. The molecule has 0 aliphatic carbocycles. The Hall–Kier alpha value is -3.69. The molecular weight excluding hydrogens is 326 g/mol. The van der Waals surface area contributed by atoms with Crippen molar-refractivity contribution in [1.82, 2.24) is 24.7 Å². The Morgan fingerprint density at radius 2 is 1.92 bits per heavy atom. The van der Waals surface area contributed by atoms with E-state index in [0.29, 0.717) is 42.0 Å². The molecule has 0 saturated carbocycles. The molecule has 10 heteroatoms. The van der Waals surface area contributed by atoms with Crippen LogP contribution in [0.4, 0.5) is 16.3 Å². The third-order valence-corrected chi connectivity index (χ3v) is 3.35. The van der Waals surface area contributed by atoms with Gasteiger partial charge in [-0.15, -0.1) is 0 Å². The van der Waals surface area contributed by atoms with Crippen molar-refractivity contribution in [1.29, 1.82) is 0 Å². The Morgan fingerprint density at radius 3 is 2.76 bits per heavy atom. The molecule has 1 aromatic carbocycles. The number of carbonyl (C=O) groups excluding carboxylic acids is 1. The van der Waals surface area contributed by atoms with E-state index in [-0.39, 0.29) is 0 Å². The largest absolute Gasteiger partial charge is 0.486 e. The molecule has 4 rings (SSSR count). The maximum Gasteiger partial charge on any atom is 0.324 e. The number of nitrogens with zero attached hydrogens (tertiary/aromatic N) is 5. The summed E-state index contributed by atoms with van der Waals surface area (Å²) in [6.45, 7) is 0.997. The summed E-state index contributed by atoms with van der Waals surface area (Å²) in [6, 6.07) is 6.32. The Balaban J connectivity index is 1.45. The van der Waals surface area contributed by atoms with Crippen molar-refractivity contribution in [2.75, 3.05) is 23.8 Å². The fourth-order valence-corrected chi connectivity index (χ4v) is 2.27. The summed E-state index contributed by atoms with van der Waals surface area (Å²) >= 11 is 0. The van der Waals surface area contributed by atoms with Crippen LogP contribution in [0.1, 0.15) is 0 Å². The minimum Gasteiger partial charge on any atom is -0.486 e. The first-order chi connectivity index (χ1) is 12.3. The first-order valence-electron chi connectivity index (χ1n) is 7.43. The van der Waals surface area contributed by atoms with E-state index in [1.165, 1.54) is 23.7 Å². The number of hydrogen-bond donors (Lipinski definition) is 2. The van der Waals surface area contributed by atoms with Crippen molar-refractivity contribution in [3.05, 3.63) is 43.2 Å². The van der Waals surface area contributed by atoms with Crippen molar-refractivity contribution >= 4 is 17.5 Å². The number of anilines is 2. The maximum atomic E-state index is 12.2. The molecule has 3 aromatic rings. The van der Waals surface area contributed by atoms with E-state index in [0.717, 1.165) is 0 Å². The van der Waals surface area contributed by atoms with Crippen molar-refractivity contribution < 1.29 is 14.3 Å². The predicted octanol–water partition coefficient (Wildman–Crippen LogP) is 1.47. The van der Waals surface area contributed by atoms with Gasteiger partial charge in [-0.3, -0.25) is 5.32 Å². The van der Waals surface area contributed by atoms with Gasteiger partial charge in [0.05, 0.1) is 0 Å². The minimum atomic E-state index is -0.445. The number of aromatic nitrogens is 5. The van der Waals surface area contributed by atoms with Gasteiger partial charge in [-0.2, -0.15) is 5.10 Å². The number of nitrogens with one attached hydrogen (secondary N) is 2. The van der Waals surface area contributed by atoms with Gasteiger partial charge < -0.3 is 14.8 Å². The molecule has 126 valence electrons. The van der Waals surface area contributed by atoms with Crippen molar-refractivity contribution in [3.63, 3.8) is 0 Å². The molecule has 0 atom stereocenters. The summed E-state index contributed by atoms with van der Waals surface area (Å²) in [5.74, 6) is 2.07. The zero-order valence-corrected chi connectivity index (χ0v) is 12.9. The molecule has 0 unspecified atom stereocenters. The monoisotopic (exact) mass is 339 g/mol. The van der Waals surface area contributed by atoms with Gasteiger partial charge in [0.2, 0.25) is 0 Å². The molecule has 1 aliphatic rings. The fraction of sp³-hybridized carbons (Fsp3) is 0.133. The molecule has 0 fully saturated rings. The van der Waals surface area contributed by atoms with Gasteiger partial charge in [-0.05, 0) is 12.1 Å². The number of urea groups is 1. The van der Waals surface area contributed by atoms with Crippen LogP contribution in [0.15, 0.2) is 43.2 Å². The molecule has 2 N–H and O–H groups in total. The molecule has 10 nitrogen and oxygen atoms in total. The predicted molar refractivity (Wildman–Crippen MR) is 87.0 cm³/mol. The smallest absolute Gasteiger partial charge is 0.324 e. The quantitative estimate of drug-likeness (QED) is 0.742. The van der Waals surface area contributed by atoms with Gasteiger partial charge in [-0.1, -0.05) is 0 Å². The lowest BCUT2D eigenvalue weighted by molar-refractivity contribution is 0.171. The van der Waals surface area contributed by atoms with Gasteiger partial charge in [0, 0.05) is 17.8 Å². The molecule has 0 saturated heterocycles. The van der Waals surface area contributed by atoms with Gasteiger partial charge in [-0.25, -0.2) is 24.4 Å². The van der Waals surface area contributed by atoms with Gasteiger partial charge in [0.25, 0.3) is 0 Å². The number of fused-ring (bicyclic) bond motifs is 1. The third kappa shape index (κ3) is 3.32. The average Bonchev–Trinajstić information content (AvgIpc) is 3.16. The van der Waals surface area contributed by atoms with Crippen LogP contribution in [0, 0.1) is 0 Å². The Morgan fingerprint density at radius 1 is 1.04 bits per heavy atom. The molecule has 0 spiro atoms. The second kappa shape index (κ2) is 6.43. The average molecular weight is 339 g/mol. The van der Waals surface area contributed by atoms with Crippen LogP contribution < -0.4 is 20.1 Å². The Kier molecular flexibility index (Phi) is 3.83. The lowest BCUT2D eigenvalue weighted by Gasteiger charge is -2.19. The van der Waals surface area contributed by atoms with Crippen LogP contribution in [0.5, 0.6) is 11.5 Å². The zero-order valence-electron chi connectivity index (χ0n) is 12.9. The summed E-state index contributed by atoms with van der Waals surface area (Å²) in [6.07, 6.45) is 4.22. The number of ether oxygens (including phenoxy) is 2. The topological polar surface area (TPSA) is 116 Å². The third-order valence-electron chi connectivity index (χ3n) is 3.35. The van der Waals surface area contributed by atoms with Crippen LogP contribution in [0.25, 0.3) is 5.82 Å². The second-order valence-corrected chi connectivity index (χ2v) is 5.04. The van der Waals surface area contributed by atoms with Crippen molar-refractivity contribution in [2.24, 2.45) is 0 Å². The van der Waals surface area contributed by atoms with E-state index in [1.54, 1.807) is 24.3 Å². The van der Waals surface area contributed by atoms with Gasteiger partial charge in [0.15, 0.2) is 17.3 Å². The molecule has 0 radical (unpaired) electrons. The van der Waals surface area contributed by atoms with Gasteiger partial charge >= 0.3 is 6.03 Å². The summed E-state index contributed by atoms with van der Waals surface area (Å²) in [5.41, 5.74) is 0.576. The normalized spacial score (nSPS) is 12.5. The number of amides is 2. The SMILES string of the molecule is O=C(Nc1ccc2c(c1)OCCO2)Nc1cc(-n2cncn2)ncn1. The standard InChI is InChI=1S/C15H13N7O3/c23-15(20-10-1-2-11-12(5-10)25-4-3-24-11)21-13-6-14(18-8-17-13)22-9-16-7-19-22/h1-2,5-9H,3-4H2,(H2,17,18,20,21,23). The molecule has 1 aliphatic heterocycles. The Labute approximate surface area is 141 Å². The number of rotatable bonds is 3. The van der Waals surface area contributed by atoms with E-state index in [9.17, 15) is 4.79 Å². The summed E-state index contributed by atoms with van der Waals surface area (Å²) < 4.78 is 12.4. The minimum absolute atomic E-state index is 0.329. The summed E-state index contributed by atoms with van der Waals surface area (Å²) in [4.78, 5) is 24.1. The van der Waals surface area contributed by atoms with Crippen LogP contribution in [-0.4, -0.2) is 44.0 Å². The molecule has 0 bridgehead atoms. The van der Waals surface area contributed by atoms with E-state index >= 15 is 0 Å².